The summed E-state index contributed by atoms with van der Waals surface area (Å²) in [4.78, 5) is 19.1. The SMILES string of the molecule is Cc1cccnc1CC(=O)N1C[C@@H]2CN(S(C)(=O)=O)[C@@H](c3ccccc3)[C@@H]2C1. The van der Waals surface area contributed by atoms with Gasteiger partial charge in [0, 0.05) is 31.7 Å². The summed E-state index contributed by atoms with van der Waals surface area (Å²) >= 11 is 0. The number of carbonyl (C=O) groups is 1. The Labute approximate surface area is 166 Å². The van der Waals surface area contributed by atoms with Crippen LogP contribution in [0.5, 0.6) is 0 Å². The minimum Gasteiger partial charge on any atom is -0.342 e. The van der Waals surface area contributed by atoms with E-state index < -0.39 is 10.0 Å². The van der Waals surface area contributed by atoms with Gasteiger partial charge in [0.2, 0.25) is 15.9 Å². The molecule has 0 radical (unpaired) electrons. The summed E-state index contributed by atoms with van der Waals surface area (Å²) in [5.74, 6) is 0.341. The van der Waals surface area contributed by atoms with Crippen molar-refractivity contribution in [2.75, 3.05) is 25.9 Å². The van der Waals surface area contributed by atoms with Crippen LogP contribution >= 0.6 is 0 Å². The lowest BCUT2D eigenvalue weighted by atomic mass is 9.90. The monoisotopic (exact) mass is 399 g/mol. The first-order valence-corrected chi connectivity index (χ1v) is 11.4. The topological polar surface area (TPSA) is 70.6 Å². The number of sulfonamides is 1. The maximum absolute atomic E-state index is 12.9. The summed E-state index contributed by atoms with van der Waals surface area (Å²) in [7, 11) is -3.31. The first kappa shape index (κ1) is 19.1. The molecule has 2 aliphatic heterocycles. The molecule has 1 aromatic heterocycles. The van der Waals surface area contributed by atoms with Gasteiger partial charge in [0.25, 0.3) is 0 Å². The van der Waals surface area contributed by atoms with Crippen molar-refractivity contribution < 1.29 is 13.2 Å². The molecule has 1 amide bonds. The van der Waals surface area contributed by atoms with E-state index >= 15 is 0 Å². The standard InChI is InChI=1S/C21H25N3O3S/c1-15-7-6-10-22-19(15)11-20(25)23-12-17-13-24(28(2,26)27)21(18(17)14-23)16-8-4-3-5-9-16/h3-10,17-18,21H,11-14H2,1-2H3/t17-,18-,21+/m1/s1. The zero-order chi connectivity index (χ0) is 19.9. The predicted octanol–water partition coefficient (Wildman–Crippen LogP) is 2.02. The molecular formula is C21H25N3O3S. The number of hydrogen-bond donors (Lipinski definition) is 0. The first-order valence-electron chi connectivity index (χ1n) is 9.54. The quantitative estimate of drug-likeness (QED) is 0.789. The fourth-order valence-corrected chi connectivity index (χ4v) is 5.73. The third kappa shape index (κ3) is 3.56. The number of hydrogen-bond acceptors (Lipinski definition) is 4. The second kappa shape index (κ2) is 7.29. The number of nitrogens with zero attached hydrogens (tertiary/aromatic N) is 3. The van der Waals surface area contributed by atoms with E-state index in [9.17, 15) is 13.2 Å². The Morgan fingerprint density at radius 2 is 1.86 bits per heavy atom. The normalized spacial score (nSPS) is 25.1. The Hall–Kier alpha value is -2.25. The van der Waals surface area contributed by atoms with Gasteiger partial charge in [0.05, 0.1) is 24.4 Å². The third-order valence-electron chi connectivity index (χ3n) is 5.98. The van der Waals surface area contributed by atoms with Crippen molar-refractivity contribution in [3.8, 4) is 0 Å². The third-order valence-corrected chi connectivity index (χ3v) is 7.21. The van der Waals surface area contributed by atoms with Gasteiger partial charge in [-0.1, -0.05) is 36.4 Å². The largest absolute Gasteiger partial charge is 0.342 e. The lowest BCUT2D eigenvalue weighted by Crippen LogP contribution is -2.37. The number of likely N-dealkylation sites (tertiary alicyclic amines) is 1. The van der Waals surface area contributed by atoms with Gasteiger partial charge in [-0.3, -0.25) is 9.78 Å². The van der Waals surface area contributed by atoms with E-state index in [4.69, 9.17) is 0 Å². The Bertz CT molecular complexity index is 977. The molecule has 2 aliphatic rings. The van der Waals surface area contributed by atoms with Crippen LogP contribution in [0.25, 0.3) is 0 Å². The second-order valence-electron chi connectivity index (χ2n) is 7.85. The molecule has 28 heavy (non-hydrogen) atoms. The van der Waals surface area contributed by atoms with Crippen LogP contribution in [-0.4, -0.2) is 54.4 Å². The zero-order valence-corrected chi connectivity index (χ0v) is 17.0. The van der Waals surface area contributed by atoms with Gasteiger partial charge in [-0.25, -0.2) is 8.42 Å². The van der Waals surface area contributed by atoms with Gasteiger partial charge >= 0.3 is 0 Å². The average molecular weight is 400 g/mol. The molecule has 4 rings (SSSR count). The molecule has 2 saturated heterocycles. The van der Waals surface area contributed by atoms with E-state index in [0.717, 1.165) is 16.8 Å². The molecule has 0 spiro atoms. The van der Waals surface area contributed by atoms with Crippen molar-refractivity contribution in [1.29, 1.82) is 0 Å². The maximum atomic E-state index is 12.9. The van der Waals surface area contributed by atoms with Gasteiger partial charge in [-0.2, -0.15) is 4.31 Å². The molecule has 7 heteroatoms. The molecule has 2 aromatic rings. The number of aromatic nitrogens is 1. The number of rotatable bonds is 4. The lowest BCUT2D eigenvalue weighted by molar-refractivity contribution is -0.129. The van der Waals surface area contributed by atoms with Gasteiger partial charge in [-0.05, 0) is 30.0 Å². The number of benzene rings is 1. The fraction of sp³-hybridized carbons (Fsp3) is 0.429. The van der Waals surface area contributed by atoms with Crippen molar-refractivity contribution in [2.45, 2.75) is 19.4 Å². The number of fused-ring (bicyclic) bond motifs is 1. The molecule has 148 valence electrons. The molecule has 6 nitrogen and oxygen atoms in total. The molecule has 3 atom stereocenters. The van der Waals surface area contributed by atoms with Crippen LogP contribution < -0.4 is 0 Å². The summed E-state index contributed by atoms with van der Waals surface area (Å²) in [6.45, 7) is 3.62. The van der Waals surface area contributed by atoms with Crippen molar-refractivity contribution in [1.82, 2.24) is 14.2 Å². The first-order chi connectivity index (χ1) is 13.3. The predicted molar refractivity (Wildman–Crippen MR) is 107 cm³/mol. The van der Waals surface area contributed by atoms with Crippen LogP contribution in [0.2, 0.25) is 0 Å². The van der Waals surface area contributed by atoms with Gasteiger partial charge in [-0.15, -0.1) is 0 Å². The van der Waals surface area contributed by atoms with Crippen molar-refractivity contribution in [2.24, 2.45) is 11.8 Å². The van der Waals surface area contributed by atoms with E-state index in [1.165, 1.54) is 6.26 Å². The number of carbonyl (C=O) groups excluding carboxylic acids is 1. The summed E-state index contributed by atoms with van der Waals surface area (Å²) in [6.07, 6.45) is 3.28. The van der Waals surface area contributed by atoms with Crippen molar-refractivity contribution in [3.63, 3.8) is 0 Å². The van der Waals surface area contributed by atoms with Gasteiger partial charge in [0.1, 0.15) is 0 Å². The molecular weight excluding hydrogens is 374 g/mol. The van der Waals surface area contributed by atoms with Crippen molar-refractivity contribution in [3.05, 3.63) is 65.5 Å². The van der Waals surface area contributed by atoms with E-state index in [-0.39, 0.29) is 30.2 Å². The molecule has 0 saturated carbocycles. The highest BCUT2D eigenvalue weighted by molar-refractivity contribution is 7.88. The maximum Gasteiger partial charge on any atom is 0.228 e. The summed E-state index contributed by atoms with van der Waals surface area (Å²) in [6, 6.07) is 13.4. The molecule has 3 heterocycles. The number of aryl methyl sites for hydroxylation is 1. The Kier molecular flexibility index (Phi) is 4.97. The van der Waals surface area contributed by atoms with Crippen LogP contribution in [-0.2, 0) is 21.2 Å². The molecule has 0 unspecified atom stereocenters. The highest BCUT2D eigenvalue weighted by atomic mass is 32.2. The average Bonchev–Trinajstić information content (AvgIpc) is 3.22. The lowest BCUT2D eigenvalue weighted by Gasteiger charge is -2.28. The highest BCUT2D eigenvalue weighted by Gasteiger charge is 2.51. The number of amides is 1. The van der Waals surface area contributed by atoms with E-state index in [0.29, 0.717) is 19.6 Å². The van der Waals surface area contributed by atoms with Gasteiger partial charge < -0.3 is 4.90 Å². The Morgan fingerprint density at radius 3 is 2.54 bits per heavy atom. The summed E-state index contributed by atoms with van der Waals surface area (Å²) < 4.78 is 26.4. The Balaban J connectivity index is 1.55. The molecule has 0 aliphatic carbocycles. The fourth-order valence-electron chi connectivity index (χ4n) is 4.57. The summed E-state index contributed by atoms with van der Waals surface area (Å²) in [5, 5.41) is 0. The minimum atomic E-state index is -3.31. The minimum absolute atomic E-state index is 0.0638. The second-order valence-corrected chi connectivity index (χ2v) is 9.79. The summed E-state index contributed by atoms with van der Waals surface area (Å²) in [5.41, 5.74) is 2.82. The van der Waals surface area contributed by atoms with Crippen molar-refractivity contribution >= 4 is 15.9 Å². The van der Waals surface area contributed by atoms with E-state index in [2.05, 4.69) is 4.98 Å². The molecule has 0 N–H and O–H groups in total. The Morgan fingerprint density at radius 1 is 1.11 bits per heavy atom. The molecule has 2 fully saturated rings. The molecule has 0 bridgehead atoms. The number of pyridine rings is 1. The molecule has 1 aromatic carbocycles. The van der Waals surface area contributed by atoms with Crippen LogP contribution in [0.4, 0.5) is 0 Å². The van der Waals surface area contributed by atoms with Gasteiger partial charge in [0.15, 0.2) is 0 Å². The highest BCUT2D eigenvalue weighted by Crippen LogP contribution is 2.46. The van der Waals surface area contributed by atoms with Crippen LogP contribution in [0.15, 0.2) is 48.7 Å². The van der Waals surface area contributed by atoms with E-state index in [1.54, 1.807) is 10.5 Å². The van der Waals surface area contributed by atoms with Crippen LogP contribution in [0.3, 0.4) is 0 Å². The van der Waals surface area contributed by atoms with Crippen LogP contribution in [0.1, 0.15) is 22.9 Å². The zero-order valence-electron chi connectivity index (χ0n) is 16.2. The smallest absolute Gasteiger partial charge is 0.228 e. The van der Waals surface area contributed by atoms with E-state index in [1.807, 2.05) is 54.3 Å². The van der Waals surface area contributed by atoms with Crippen LogP contribution in [0, 0.1) is 18.8 Å².